The molecule has 0 saturated heterocycles. The number of anilines is 1. The fraction of sp³-hybridized carbons (Fsp3) is 0.257. The zero-order valence-electron chi connectivity index (χ0n) is 25.5. The Kier molecular flexibility index (Phi) is 11.0. The van der Waals surface area contributed by atoms with Gasteiger partial charge >= 0.3 is 0 Å². The first-order valence-electron chi connectivity index (χ1n) is 14.5. The summed E-state index contributed by atoms with van der Waals surface area (Å²) < 4.78 is 30.5. The van der Waals surface area contributed by atoms with Crippen molar-refractivity contribution in [1.82, 2.24) is 10.2 Å². The predicted octanol–water partition coefficient (Wildman–Crippen LogP) is 6.35. The molecule has 4 aromatic rings. The first-order valence-corrected chi connectivity index (χ1v) is 16.7. The van der Waals surface area contributed by atoms with Gasteiger partial charge in [-0.15, -0.1) is 0 Å². The summed E-state index contributed by atoms with van der Waals surface area (Å²) in [5.41, 5.74) is 4.59. The Labute approximate surface area is 269 Å². The van der Waals surface area contributed by atoms with E-state index < -0.39 is 28.5 Å². The first kappa shape index (κ1) is 33.0. The van der Waals surface area contributed by atoms with Crippen LogP contribution in [0.2, 0.25) is 0 Å². The van der Waals surface area contributed by atoms with Crippen molar-refractivity contribution < 1.29 is 18.0 Å². The minimum atomic E-state index is -4.16. The second kappa shape index (κ2) is 14.7. The third-order valence-corrected chi connectivity index (χ3v) is 9.65. The van der Waals surface area contributed by atoms with E-state index in [0.29, 0.717) is 17.8 Å². The standard InChI is InChI=1S/C35H38BrN3O4S/c1-5-37-35(41)33(22-28-10-7-6-8-11-28)38(23-29-12-9-13-30(36)21-29)34(40)24-39(32-20-26(3)14-17-27(32)4)44(42,43)31-18-15-25(2)16-19-31/h6-21,33H,5,22-24H2,1-4H3,(H,37,41)/t33-/m1/s1. The number of amides is 2. The zero-order chi connectivity index (χ0) is 31.9. The van der Waals surface area contributed by atoms with E-state index >= 15 is 0 Å². The molecule has 4 aromatic carbocycles. The minimum Gasteiger partial charge on any atom is -0.355 e. The van der Waals surface area contributed by atoms with E-state index in [0.717, 1.165) is 26.7 Å². The summed E-state index contributed by atoms with van der Waals surface area (Å²) in [7, 11) is -4.16. The molecule has 0 spiro atoms. The number of sulfonamides is 1. The van der Waals surface area contributed by atoms with Gasteiger partial charge in [-0.25, -0.2) is 8.42 Å². The maximum absolute atomic E-state index is 14.5. The van der Waals surface area contributed by atoms with Crippen molar-refractivity contribution in [2.24, 2.45) is 0 Å². The third kappa shape index (κ3) is 8.15. The smallest absolute Gasteiger partial charge is 0.264 e. The van der Waals surface area contributed by atoms with Gasteiger partial charge in [0.05, 0.1) is 10.6 Å². The van der Waals surface area contributed by atoms with Gasteiger partial charge in [-0.1, -0.05) is 88.2 Å². The fourth-order valence-electron chi connectivity index (χ4n) is 5.02. The van der Waals surface area contributed by atoms with Crippen LogP contribution in [0.1, 0.15) is 34.7 Å². The Morgan fingerprint density at radius 3 is 2.14 bits per heavy atom. The number of nitrogens with one attached hydrogen (secondary N) is 1. The highest BCUT2D eigenvalue weighted by Crippen LogP contribution is 2.29. The zero-order valence-corrected chi connectivity index (χ0v) is 27.9. The van der Waals surface area contributed by atoms with Crippen molar-refractivity contribution in [3.8, 4) is 0 Å². The average Bonchev–Trinajstić information content (AvgIpc) is 2.99. The Morgan fingerprint density at radius 2 is 1.48 bits per heavy atom. The molecule has 44 heavy (non-hydrogen) atoms. The Morgan fingerprint density at radius 1 is 0.818 bits per heavy atom. The highest BCUT2D eigenvalue weighted by molar-refractivity contribution is 9.10. The lowest BCUT2D eigenvalue weighted by Crippen LogP contribution is -2.53. The van der Waals surface area contributed by atoms with E-state index in [9.17, 15) is 18.0 Å². The molecule has 0 aromatic heterocycles. The monoisotopic (exact) mass is 675 g/mol. The van der Waals surface area contributed by atoms with Gasteiger partial charge in [0.2, 0.25) is 11.8 Å². The van der Waals surface area contributed by atoms with Crippen LogP contribution in [0.25, 0.3) is 0 Å². The van der Waals surface area contributed by atoms with Gasteiger partial charge in [0.1, 0.15) is 12.6 Å². The molecule has 0 bridgehead atoms. The average molecular weight is 677 g/mol. The van der Waals surface area contributed by atoms with Gasteiger partial charge in [0, 0.05) is 24.0 Å². The van der Waals surface area contributed by atoms with Gasteiger partial charge in [0.15, 0.2) is 0 Å². The number of benzene rings is 4. The number of hydrogen-bond acceptors (Lipinski definition) is 4. The van der Waals surface area contributed by atoms with E-state index in [-0.39, 0.29) is 23.8 Å². The Balaban J connectivity index is 1.83. The van der Waals surface area contributed by atoms with Gasteiger partial charge in [0.25, 0.3) is 10.0 Å². The quantitative estimate of drug-likeness (QED) is 0.190. The topological polar surface area (TPSA) is 86.8 Å². The predicted molar refractivity (Wildman–Crippen MR) is 179 cm³/mol. The Hall–Kier alpha value is -3.95. The number of hydrogen-bond donors (Lipinski definition) is 1. The molecule has 9 heteroatoms. The molecule has 4 rings (SSSR count). The summed E-state index contributed by atoms with van der Waals surface area (Å²) in [5, 5.41) is 2.89. The minimum absolute atomic E-state index is 0.0832. The van der Waals surface area contributed by atoms with Gasteiger partial charge in [-0.05, 0) is 80.3 Å². The molecule has 0 heterocycles. The van der Waals surface area contributed by atoms with Crippen LogP contribution in [-0.4, -0.2) is 44.3 Å². The lowest BCUT2D eigenvalue weighted by Gasteiger charge is -2.34. The normalized spacial score (nSPS) is 11.9. The number of nitrogens with zero attached hydrogens (tertiary/aromatic N) is 2. The largest absolute Gasteiger partial charge is 0.355 e. The molecule has 7 nitrogen and oxygen atoms in total. The van der Waals surface area contributed by atoms with Crippen LogP contribution in [0.4, 0.5) is 5.69 Å². The number of likely N-dealkylation sites (N-methyl/N-ethyl adjacent to an activating group) is 1. The van der Waals surface area contributed by atoms with E-state index in [2.05, 4.69) is 21.2 Å². The molecule has 1 atom stereocenters. The van der Waals surface area contributed by atoms with Crippen LogP contribution in [0, 0.1) is 20.8 Å². The highest BCUT2D eigenvalue weighted by atomic mass is 79.9. The molecule has 0 unspecified atom stereocenters. The van der Waals surface area contributed by atoms with Crippen molar-refractivity contribution in [2.75, 3.05) is 17.4 Å². The second-order valence-electron chi connectivity index (χ2n) is 10.9. The maximum Gasteiger partial charge on any atom is 0.264 e. The molecule has 0 fully saturated rings. The van der Waals surface area contributed by atoms with Crippen molar-refractivity contribution in [1.29, 1.82) is 0 Å². The number of carbonyl (C=O) groups is 2. The van der Waals surface area contributed by atoms with Gasteiger partial charge < -0.3 is 10.2 Å². The van der Waals surface area contributed by atoms with E-state index in [1.54, 1.807) is 30.3 Å². The van der Waals surface area contributed by atoms with Crippen molar-refractivity contribution in [3.05, 3.63) is 129 Å². The van der Waals surface area contributed by atoms with Crippen LogP contribution < -0.4 is 9.62 Å². The summed E-state index contributed by atoms with van der Waals surface area (Å²) in [4.78, 5) is 29.7. The van der Waals surface area contributed by atoms with Crippen LogP contribution in [0.15, 0.2) is 106 Å². The number of aryl methyl sites for hydroxylation is 3. The second-order valence-corrected chi connectivity index (χ2v) is 13.6. The number of carbonyl (C=O) groups excluding carboxylic acids is 2. The van der Waals surface area contributed by atoms with Gasteiger partial charge in [-0.2, -0.15) is 0 Å². The molecule has 0 aliphatic rings. The van der Waals surface area contributed by atoms with E-state index in [1.807, 2.05) is 94.4 Å². The number of rotatable bonds is 12. The summed E-state index contributed by atoms with van der Waals surface area (Å²) in [6, 6.07) is 28.3. The lowest BCUT2D eigenvalue weighted by molar-refractivity contribution is -0.140. The van der Waals surface area contributed by atoms with Gasteiger partial charge in [-0.3, -0.25) is 13.9 Å². The highest BCUT2D eigenvalue weighted by Gasteiger charge is 2.35. The van der Waals surface area contributed by atoms with Crippen LogP contribution in [0.3, 0.4) is 0 Å². The molecule has 0 saturated carbocycles. The fourth-order valence-corrected chi connectivity index (χ4v) is 6.93. The molecule has 1 N–H and O–H groups in total. The molecule has 2 amide bonds. The molecule has 0 aliphatic heterocycles. The molecule has 230 valence electrons. The lowest BCUT2D eigenvalue weighted by atomic mass is 10.0. The van der Waals surface area contributed by atoms with E-state index in [1.165, 1.54) is 9.21 Å². The maximum atomic E-state index is 14.5. The van der Waals surface area contributed by atoms with Crippen molar-refractivity contribution in [2.45, 2.75) is 51.6 Å². The van der Waals surface area contributed by atoms with Crippen molar-refractivity contribution >= 4 is 43.5 Å². The summed E-state index contributed by atoms with van der Waals surface area (Å²) >= 11 is 3.51. The molecule has 0 aliphatic carbocycles. The summed E-state index contributed by atoms with van der Waals surface area (Å²) in [6.45, 7) is 7.43. The number of halogens is 1. The summed E-state index contributed by atoms with van der Waals surface area (Å²) in [6.07, 6.45) is 0.264. The summed E-state index contributed by atoms with van der Waals surface area (Å²) in [5.74, 6) is -0.798. The van der Waals surface area contributed by atoms with E-state index in [4.69, 9.17) is 0 Å². The molecular formula is C35H38BrN3O4S. The van der Waals surface area contributed by atoms with Crippen LogP contribution in [-0.2, 0) is 32.6 Å². The Bertz CT molecular complexity index is 1710. The third-order valence-electron chi connectivity index (χ3n) is 7.39. The SMILES string of the molecule is CCNC(=O)[C@@H](Cc1ccccc1)N(Cc1cccc(Br)c1)C(=O)CN(c1cc(C)ccc1C)S(=O)(=O)c1ccc(C)cc1. The molecular weight excluding hydrogens is 638 g/mol. The van der Waals surface area contributed by atoms with Crippen LogP contribution >= 0.6 is 15.9 Å². The molecule has 0 radical (unpaired) electrons. The first-order chi connectivity index (χ1) is 21.0. The van der Waals surface area contributed by atoms with Crippen LogP contribution in [0.5, 0.6) is 0 Å². The van der Waals surface area contributed by atoms with Crippen molar-refractivity contribution in [3.63, 3.8) is 0 Å².